The summed E-state index contributed by atoms with van der Waals surface area (Å²) < 4.78 is 1.80. The molecule has 1 aliphatic carbocycles. The van der Waals surface area contributed by atoms with Crippen LogP contribution in [0.2, 0.25) is 0 Å². The normalized spacial score (nSPS) is 18.1. The molecule has 0 bridgehead atoms. The van der Waals surface area contributed by atoms with Gasteiger partial charge >= 0.3 is 5.97 Å². The third-order valence-corrected chi connectivity index (χ3v) is 4.60. The first-order chi connectivity index (χ1) is 10.3. The molecule has 4 heteroatoms. The predicted octanol–water partition coefficient (Wildman–Crippen LogP) is 4.25. The van der Waals surface area contributed by atoms with Gasteiger partial charge in [-0.2, -0.15) is 5.10 Å². The maximum Gasteiger partial charge on any atom is 0.337 e. The minimum atomic E-state index is -0.860. The van der Waals surface area contributed by atoms with Crippen molar-refractivity contribution in [3.05, 3.63) is 35.7 Å². The zero-order valence-corrected chi connectivity index (χ0v) is 12.3. The van der Waals surface area contributed by atoms with E-state index >= 15 is 0 Å². The molecule has 1 N–H and O–H groups in total. The summed E-state index contributed by atoms with van der Waals surface area (Å²) in [5.74, 6) is -0.518. The topological polar surface area (TPSA) is 54.6 Å². The molecule has 2 aromatic heterocycles. The molecule has 2 heterocycles. The molecule has 1 fully saturated rings. The van der Waals surface area contributed by atoms with Crippen LogP contribution in [0.3, 0.4) is 0 Å². The number of carbonyl (C=O) groups is 1. The number of fused-ring (bicyclic) bond motifs is 1. The van der Waals surface area contributed by atoms with Gasteiger partial charge in [0, 0.05) is 6.20 Å². The van der Waals surface area contributed by atoms with E-state index in [0.29, 0.717) is 11.5 Å². The Bertz CT molecular complexity index is 623. The zero-order valence-electron chi connectivity index (χ0n) is 12.3. The number of aromatic nitrogens is 2. The van der Waals surface area contributed by atoms with Crippen molar-refractivity contribution >= 4 is 11.5 Å². The monoisotopic (exact) mass is 286 g/mol. The Morgan fingerprint density at radius 2 is 1.81 bits per heavy atom. The molecule has 0 radical (unpaired) electrons. The van der Waals surface area contributed by atoms with Crippen molar-refractivity contribution in [2.75, 3.05) is 0 Å². The molecule has 4 nitrogen and oxygen atoms in total. The van der Waals surface area contributed by atoms with Crippen molar-refractivity contribution in [2.24, 2.45) is 0 Å². The summed E-state index contributed by atoms with van der Waals surface area (Å²) in [4.78, 5) is 11.6. The number of aromatic carboxylic acids is 1. The van der Waals surface area contributed by atoms with E-state index in [1.165, 1.54) is 44.7 Å². The van der Waals surface area contributed by atoms with E-state index in [-0.39, 0.29) is 0 Å². The van der Waals surface area contributed by atoms with E-state index in [1.807, 2.05) is 18.3 Å². The molecule has 1 aliphatic rings. The lowest BCUT2D eigenvalue weighted by Gasteiger charge is -2.19. The molecular formula is C17H22N2O2. The fraction of sp³-hybridized carbons (Fsp3) is 0.529. The Morgan fingerprint density at radius 1 is 1.14 bits per heavy atom. The van der Waals surface area contributed by atoms with Crippen LogP contribution >= 0.6 is 0 Å². The van der Waals surface area contributed by atoms with Gasteiger partial charge in [0.05, 0.1) is 17.3 Å². The quantitative estimate of drug-likeness (QED) is 0.897. The van der Waals surface area contributed by atoms with Crippen molar-refractivity contribution in [2.45, 2.75) is 57.3 Å². The smallest absolute Gasteiger partial charge is 0.337 e. The Balaban J connectivity index is 2.04. The van der Waals surface area contributed by atoms with Crippen molar-refractivity contribution in [3.8, 4) is 0 Å². The van der Waals surface area contributed by atoms with Gasteiger partial charge in [-0.25, -0.2) is 9.31 Å². The summed E-state index contributed by atoms with van der Waals surface area (Å²) in [6.45, 7) is 0. The van der Waals surface area contributed by atoms with Gasteiger partial charge in [0.25, 0.3) is 0 Å². The van der Waals surface area contributed by atoms with Crippen LogP contribution in [0.25, 0.3) is 5.52 Å². The Kier molecular flexibility index (Phi) is 4.23. The van der Waals surface area contributed by atoms with Crippen LogP contribution in [0, 0.1) is 0 Å². The maximum absolute atomic E-state index is 11.6. The van der Waals surface area contributed by atoms with Crippen LogP contribution in [-0.4, -0.2) is 20.7 Å². The highest BCUT2D eigenvalue weighted by Gasteiger charge is 2.23. The summed E-state index contributed by atoms with van der Waals surface area (Å²) in [7, 11) is 0. The lowest BCUT2D eigenvalue weighted by atomic mass is 9.87. The second-order valence-electron chi connectivity index (χ2n) is 6.01. The van der Waals surface area contributed by atoms with Gasteiger partial charge in [-0.15, -0.1) is 0 Å². The predicted molar refractivity (Wildman–Crippen MR) is 81.8 cm³/mol. The molecular weight excluding hydrogens is 264 g/mol. The molecule has 21 heavy (non-hydrogen) atoms. The molecule has 0 atom stereocenters. The van der Waals surface area contributed by atoms with Crippen molar-refractivity contribution < 1.29 is 9.90 Å². The Labute approximate surface area is 124 Å². The van der Waals surface area contributed by atoms with Crippen LogP contribution in [0.15, 0.2) is 24.5 Å². The van der Waals surface area contributed by atoms with Crippen LogP contribution in [0.4, 0.5) is 0 Å². The summed E-state index contributed by atoms with van der Waals surface area (Å²) in [5.41, 5.74) is 2.33. The molecule has 3 rings (SSSR count). The first kappa shape index (κ1) is 14.1. The molecule has 0 aromatic carbocycles. The van der Waals surface area contributed by atoms with Crippen LogP contribution in [0.1, 0.15) is 73.2 Å². The summed E-state index contributed by atoms with van der Waals surface area (Å²) in [6.07, 6.45) is 13.1. The lowest BCUT2D eigenvalue weighted by molar-refractivity contribution is 0.0694. The highest BCUT2D eigenvalue weighted by Crippen LogP contribution is 2.34. The zero-order chi connectivity index (χ0) is 14.7. The second kappa shape index (κ2) is 6.29. The first-order valence-corrected chi connectivity index (χ1v) is 7.97. The van der Waals surface area contributed by atoms with Crippen molar-refractivity contribution in [1.29, 1.82) is 0 Å². The number of carboxylic acids is 1. The van der Waals surface area contributed by atoms with Gasteiger partial charge in [-0.1, -0.05) is 38.5 Å². The SMILES string of the molecule is O=C(O)c1cnn2cccc2c1C1CCCCCCCC1. The standard InChI is InChI=1S/C17H22N2O2/c20-17(21)14-12-18-19-11-7-10-15(19)16(14)13-8-5-3-1-2-4-6-9-13/h7,10-13H,1-6,8-9H2,(H,20,21). The van der Waals surface area contributed by atoms with Crippen LogP contribution in [-0.2, 0) is 0 Å². The highest BCUT2D eigenvalue weighted by molar-refractivity contribution is 5.91. The second-order valence-corrected chi connectivity index (χ2v) is 6.01. The molecule has 0 amide bonds. The van der Waals surface area contributed by atoms with E-state index in [0.717, 1.165) is 23.9 Å². The average molecular weight is 286 g/mol. The fourth-order valence-corrected chi connectivity index (χ4v) is 3.53. The number of hydrogen-bond donors (Lipinski definition) is 1. The van der Waals surface area contributed by atoms with Crippen molar-refractivity contribution in [1.82, 2.24) is 9.61 Å². The molecule has 1 saturated carbocycles. The highest BCUT2D eigenvalue weighted by atomic mass is 16.4. The van der Waals surface area contributed by atoms with E-state index in [4.69, 9.17) is 0 Å². The van der Waals surface area contributed by atoms with Gasteiger partial charge in [-0.3, -0.25) is 0 Å². The van der Waals surface area contributed by atoms with E-state index in [9.17, 15) is 9.90 Å². The third-order valence-electron chi connectivity index (χ3n) is 4.60. The molecule has 0 spiro atoms. The molecule has 2 aromatic rings. The van der Waals surface area contributed by atoms with E-state index in [1.54, 1.807) is 4.52 Å². The minimum Gasteiger partial charge on any atom is -0.478 e. The Hall–Kier alpha value is -1.84. The minimum absolute atomic E-state index is 0.342. The van der Waals surface area contributed by atoms with Crippen LogP contribution < -0.4 is 0 Å². The van der Waals surface area contributed by atoms with Gasteiger partial charge in [0.15, 0.2) is 0 Å². The van der Waals surface area contributed by atoms with E-state index < -0.39 is 5.97 Å². The number of rotatable bonds is 2. The summed E-state index contributed by atoms with van der Waals surface area (Å²) in [6, 6.07) is 3.92. The summed E-state index contributed by atoms with van der Waals surface area (Å²) >= 11 is 0. The number of hydrogen-bond acceptors (Lipinski definition) is 2. The first-order valence-electron chi connectivity index (χ1n) is 7.97. The lowest BCUT2D eigenvalue weighted by Crippen LogP contribution is -2.11. The fourth-order valence-electron chi connectivity index (χ4n) is 3.53. The van der Waals surface area contributed by atoms with Gasteiger partial charge in [0.1, 0.15) is 0 Å². The number of carboxylic acid groups (broad SMARTS) is 1. The average Bonchev–Trinajstić information content (AvgIpc) is 2.98. The molecule has 0 unspecified atom stereocenters. The molecule has 0 aliphatic heterocycles. The summed E-state index contributed by atoms with van der Waals surface area (Å²) in [5, 5.41) is 13.7. The van der Waals surface area contributed by atoms with Gasteiger partial charge in [0.2, 0.25) is 0 Å². The molecule has 0 saturated heterocycles. The van der Waals surface area contributed by atoms with Crippen molar-refractivity contribution in [3.63, 3.8) is 0 Å². The third kappa shape index (κ3) is 2.94. The van der Waals surface area contributed by atoms with Crippen LogP contribution in [0.5, 0.6) is 0 Å². The van der Waals surface area contributed by atoms with Gasteiger partial charge in [-0.05, 0) is 36.5 Å². The maximum atomic E-state index is 11.6. The molecule has 112 valence electrons. The van der Waals surface area contributed by atoms with Gasteiger partial charge < -0.3 is 5.11 Å². The Morgan fingerprint density at radius 3 is 2.48 bits per heavy atom. The number of nitrogens with zero attached hydrogens (tertiary/aromatic N) is 2. The van der Waals surface area contributed by atoms with E-state index in [2.05, 4.69) is 5.10 Å². The largest absolute Gasteiger partial charge is 0.478 e.